The largest absolute Gasteiger partial charge is 0.472 e. The van der Waals surface area contributed by atoms with Crippen molar-refractivity contribution in [2.45, 2.75) is 277 Å². The van der Waals surface area contributed by atoms with Gasteiger partial charge in [0, 0.05) is 19.3 Å². The quantitative estimate of drug-likeness (QED) is 0.0197. The van der Waals surface area contributed by atoms with Crippen molar-refractivity contribution in [1.82, 2.24) is 0 Å². The van der Waals surface area contributed by atoms with Gasteiger partial charge in [0.1, 0.15) is 12.7 Å². The smallest absolute Gasteiger partial charge is 0.462 e. The van der Waals surface area contributed by atoms with Gasteiger partial charge in [0.15, 0.2) is 6.10 Å². The van der Waals surface area contributed by atoms with Gasteiger partial charge < -0.3 is 24.2 Å². The summed E-state index contributed by atoms with van der Waals surface area (Å²) in [5, 5.41) is 9.83. The molecule has 0 aromatic carbocycles. The highest BCUT2D eigenvalue weighted by Crippen LogP contribution is 2.43. The number of allylic oxidation sites excluding steroid dienone is 14. The van der Waals surface area contributed by atoms with E-state index in [-0.39, 0.29) is 25.9 Å². The lowest BCUT2D eigenvalue weighted by Crippen LogP contribution is -2.30. The summed E-state index contributed by atoms with van der Waals surface area (Å²) >= 11 is 0. The molecule has 0 fully saturated rings. The van der Waals surface area contributed by atoms with Crippen molar-refractivity contribution < 1.29 is 52.2 Å². The highest BCUT2D eigenvalue weighted by molar-refractivity contribution is 7.47. The summed E-state index contributed by atoms with van der Waals surface area (Å²) < 4.78 is 39.6. The molecule has 0 aromatic rings. The highest BCUT2D eigenvalue weighted by atomic mass is 31.2. The number of hydrogen-bond donors (Lipinski definition) is 2. The van der Waals surface area contributed by atoms with E-state index in [9.17, 15) is 28.9 Å². The second-order valence-electron chi connectivity index (χ2n) is 20.1. The number of phosphoric acid groups is 1. The van der Waals surface area contributed by atoms with Gasteiger partial charge >= 0.3 is 25.7 Å². The van der Waals surface area contributed by atoms with Gasteiger partial charge in [-0.3, -0.25) is 23.4 Å². The first-order valence-corrected chi connectivity index (χ1v) is 32.0. The van der Waals surface area contributed by atoms with Crippen LogP contribution in [0.2, 0.25) is 0 Å². The number of esters is 3. The van der Waals surface area contributed by atoms with Crippen LogP contribution in [0.4, 0.5) is 0 Å². The Morgan fingerprint density at radius 3 is 1.09 bits per heavy atom. The Hall–Kier alpha value is -3.34. The Morgan fingerprint density at radius 2 is 0.684 bits per heavy atom. The maximum atomic E-state index is 12.9. The second kappa shape index (κ2) is 57.8. The van der Waals surface area contributed by atoms with Crippen LogP contribution >= 0.6 is 7.82 Å². The minimum absolute atomic E-state index is 0.146. The molecule has 2 N–H and O–H groups in total. The molecule has 0 aliphatic heterocycles. The number of carbonyl (C=O) groups is 3. The predicted octanol–water partition coefficient (Wildman–Crippen LogP) is 18.3. The van der Waals surface area contributed by atoms with Crippen molar-refractivity contribution in [2.75, 3.05) is 26.4 Å². The summed E-state index contributed by atoms with van der Waals surface area (Å²) in [4.78, 5) is 48.6. The van der Waals surface area contributed by atoms with Gasteiger partial charge in [0.05, 0.1) is 19.8 Å². The van der Waals surface area contributed by atoms with Crippen LogP contribution < -0.4 is 0 Å². The first kappa shape index (κ1) is 72.7. The molecule has 0 saturated heterocycles. The maximum Gasteiger partial charge on any atom is 0.472 e. The molecule has 0 amide bonds. The van der Waals surface area contributed by atoms with Gasteiger partial charge in [-0.15, -0.1) is 0 Å². The van der Waals surface area contributed by atoms with Crippen LogP contribution in [-0.4, -0.2) is 66.5 Å². The Bertz CT molecular complexity index is 1600. The molecule has 0 spiro atoms. The lowest BCUT2D eigenvalue weighted by Gasteiger charge is -2.21. The predicted molar refractivity (Wildman–Crippen MR) is 316 cm³/mol. The molecule has 0 heterocycles. The zero-order valence-electron chi connectivity index (χ0n) is 48.5. The summed E-state index contributed by atoms with van der Waals surface area (Å²) in [6, 6.07) is 0. The van der Waals surface area contributed by atoms with Gasteiger partial charge in [0.2, 0.25) is 0 Å². The lowest BCUT2D eigenvalue weighted by molar-refractivity contribution is -0.161. The van der Waals surface area contributed by atoms with E-state index in [0.29, 0.717) is 19.3 Å². The van der Waals surface area contributed by atoms with E-state index in [4.69, 9.17) is 23.3 Å². The molecule has 76 heavy (non-hydrogen) atoms. The van der Waals surface area contributed by atoms with Crippen molar-refractivity contribution in [3.63, 3.8) is 0 Å². The van der Waals surface area contributed by atoms with Crippen LogP contribution in [0.15, 0.2) is 85.1 Å². The highest BCUT2D eigenvalue weighted by Gasteiger charge is 2.28. The van der Waals surface area contributed by atoms with E-state index < -0.39 is 57.8 Å². The molecule has 0 radical (unpaired) electrons. The van der Waals surface area contributed by atoms with Crippen LogP contribution in [0.25, 0.3) is 0 Å². The summed E-state index contributed by atoms with van der Waals surface area (Å²) in [6.45, 7) is 4.47. The van der Waals surface area contributed by atoms with Gasteiger partial charge in [-0.05, 0) is 116 Å². The van der Waals surface area contributed by atoms with E-state index >= 15 is 0 Å². The fourth-order valence-corrected chi connectivity index (χ4v) is 8.92. The van der Waals surface area contributed by atoms with Crippen LogP contribution in [0.5, 0.6) is 0 Å². The molecule has 0 aliphatic carbocycles. The molecule has 3 unspecified atom stereocenters. The zero-order chi connectivity index (χ0) is 55.5. The van der Waals surface area contributed by atoms with Crippen molar-refractivity contribution in [2.24, 2.45) is 0 Å². The molecular formula is C64H111O11P. The van der Waals surface area contributed by atoms with Gasteiger partial charge in [-0.2, -0.15) is 0 Å². The Kier molecular flexibility index (Phi) is 55.3. The van der Waals surface area contributed by atoms with E-state index in [2.05, 4.69) is 106 Å². The molecule has 0 aliphatic rings. The van der Waals surface area contributed by atoms with Gasteiger partial charge in [-0.1, -0.05) is 215 Å². The van der Waals surface area contributed by atoms with Crippen molar-refractivity contribution in [3.8, 4) is 0 Å². The minimum Gasteiger partial charge on any atom is -0.462 e. The maximum absolute atomic E-state index is 12.9. The average Bonchev–Trinajstić information content (AvgIpc) is 3.41. The molecule has 0 rings (SSSR count). The summed E-state index contributed by atoms with van der Waals surface area (Å²) in [5.41, 5.74) is 0. The summed E-state index contributed by atoms with van der Waals surface area (Å²) in [6.07, 6.45) is 66.7. The van der Waals surface area contributed by atoms with Crippen LogP contribution in [0, 0.1) is 0 Å². The third-order valence-corrected chi connectivity index (χ3v) is 13.7. The van der Waals surface area contributed by atoms with E-state index in [1.165, 1.54) is 83.5 Å². The average molecular weight is 1090 g/mol. The normalized spacial score (nSPS) is 13.9. The number of phosphoric ester groups is 1. The second-order valence-corrected chi connectivity index (χ2v) is 21.6. The molecule has 0 saturated carbocycles. The number of rotatable bonds is 56. The first-order valence-electron chi connectivity index (χ1n) is 30.5. The molecule has 0 bridgehead atoms. The molecule has 12 heteroatoms. The molecule has 0 aromatic heterocycles. The van der Waals surface area contributed by atoms with Crippen molar-refractivity contribution in [1.29, 1.82) is 0 Å². The SMILES string of the molecule is CC/C=C\C/C=C\C/C=C\C/C=C\CCCCCCC(=O)OC(CO)COP(=O)(O)OCC(COC(=O)CCCCCCC/C=C\CCCCCC)OC(=O)CCCCCCCCCCC/C=C\C/C=C\CCCCC. The Labute approximate surface area is 464 Å². The standard InChI is InChI=1S/C64H111O11P/c1-4-7-10-13-16-19-22-25-27-29-30-32-34-37-40-43-46-49-52-55-64(68)75-61(57-71-62(66)53-50-47-44-41-38-35-24-21-18-15-12-9-6-3)59-73-76(69,70)72-58-60(56-65)74-63(67)54-51-48-45-42-39-36-33-31-28-26-23-20-17-14-11-8-5-2/h8,11,16-17,19-21,24-28,33,36,60-61,65H,4-7,9-10,12-15,18,22-23,29-32,34-35,37-59H2,1-3H3,(H,69,70)/b11-8-,19-16-,20-17-,24-21-,27-25-,28-26-,36-33-. The van der Waals surface area contributed by atoms with Crippen LogP contribution in [0.1, 0.15) is 265 Å². The first-order chi connectivity index (χ1) is 37.2. The number of unbranched alkanes of at least 4 members (excludes halogenated alkanes) is 25. The fraction of sp³-hybridized carbons (Fsp3) is 0.734. The van der Waals surface area contributed by atoms with Gasteiger partial charge in [0.25, 0.3) is 0 Å². The van der Waals surface area contributed by atoms with Gasteiger partial charge in [-0.25, -0.2) is 4.57 Å². The molecule has 11 nitrogen and oxygen atoms in total. The molecule has 438 valence electrons. The van der Waals surface area contributed by atoms with E-state index in [1.807, 2.05) is 0 Å². The van der Waals surface area contributed by atoms with E-state index in [1.54, 1.807) is 0 Å². The Balaban J connectivity index is 4.72. The van der Waals surface area contributed by atoms with Crippen LogP contribution in [0.3, 0.4) is 0 Å². The third-order valence-electron chi connectivity index (χ3n) is 12.8. The third kappa shape index (κ3) is 55.4. The van der Waals surface area contributed by atoms with Crippen LogP contribution in [-0.2, 0) is 42.2 Å². The topological polar surface area (TPSA) is 155 Å². The summed E-state index contributed by atoms with van der Waals surface area (Å²) in [7, 11) is -4.76. The number of ether oxygens (including phenoxy) is 3. The Morgan fingerprint density at radius 1 is 0.382 bits per heavy atom. The zero-order valence-corrected chi connectivity index (χ0v) is 49.3. The van der Waals surface area contributed by atoms with E-state index in [0.717, 1.165) is 122 Å². The number of hydrogen-bond acceptors (Lipinski definition) is 10. The number of aliphatic hydroxyl groups is 1. The number of carbonyl (C=O) groups excluding carboxylic acids is 3. The minimum atomic E-state index is -4.76. The van der Waals surface area contributed by atoms with Crippen molar-refractivity contribution >= 4 is 25.7 Å². The fourth-order valence-electron chi connectivity index (χ4n) is 8.14. The lowest BCUT2D eigenvalue weighted by atomic mass is 10.1. The molecule has 3 atom stereocenters. The monoisotopic (exact) mass is 1090 g/mol. The molecular weight excluding hydrogens is 976 g/mol. The number of aliphatic hydroxyl groups excluding tert-OH is 1. The summed E-state index contributed by atoms with van der Waals surface area (Å²) in [5.74, 6) is -1.50. The van der Waals surface area contributed by atoms with Crippen molar-refractivity contribution in [3.05, 3.63) is 85.1 Å².